The summed E-state index contributed by atoms with van der Waals surface area (Å²) in [5, 5.41) is 17.7. The van der Waals surface area contributed by atoms with E-state index >= 15 is 0 Å². The first kappa shape index (κ1) is 15.1. The molecular weight excluding hydrogens is 208 g/mol. The standard InChI is InChI=1S/C12H22O4/c1-4-5-11(9(2)3)12(15)16-7-6-10(14)8-13/h10,13-14H,4-8H2,1-3H3. The van der Waals surface area contributed by atoms with Crippen LogP contribution in [0.1, 0.15) is 40.0 Å². The highest BCUT2D eigenvalue weighted by atomic mass is 16.5. The predicted molar refractivity (Wildman–Crippen MR) is 62.0 cm³/mol. The molecule has 1 atom stereocenters. The van der Waals surface area contributed by atoms with Crippen molar-refractivity contribution in [3.8, 4) is 0 Å². The Morgan fingerprint density at radius 2 is 2.00 bits per heavy atom. The number of rotatable bonds is 7. The summed E-state index contributed by atoms with van der Waals surface area (Å²) in [6, 6.07) is 0. The second-order valence-electron chi connectivity index (χ2n) is 3.99. The molecule has 0 saturated carbocycles. The van der Waals surface area contributed by atoms with Crippen molar-refractivity contribution in [2.75, 3.05) is 13.2 Å². The Bertz CT molecular complexity index is 241. The molecule has 0 heterocycles. The molecule has 0 spiro atoms. The highest BCUT2D eigenvalue weighted by molar-refractivity contribution is 5.89. The van der Waals surface area contributed by atoms with Gasteiger partial charge in [0.2, 0.25) is 0 Å². The Morgan fingerprint density at radius 3 is 2.44 bits per heavy atom. The molecule has 2 N–H and O–H groups in total. The molecule has 0 amide bonds. The Labute approximate surface area is 96.9 Å². The summed E-state index contributed by atoms with van der Waals surface area (Å²) >= 11 is 0. The number of allylic oxidation sites excluding steroid dienone is 1. The van der Waals surface area contributed by atoms with Crippen LogP contribution in [-0.4, -0.2) is 35.5 Å². The van der Waals surface area contributed by atoms with E-state index in [-0.39, 0.29) is 25.6 Å². The minimum absolute atomic E-state index is 0.140. The second kappa shape index (κ2) is 8.30. The number of aliphatic hydroxyl groups is 2. The van der Waals surface area contributed by atoms with Crippen LogP contribution in [0.3, 0.4) is 0 Å². The fourth-order valence-corrected chi connectivity index (χ4v) is 1.27. The molecule has 0 aliphatic heterocycles. The maximum Gasteiger partial charge on any atom is 0.333 e. The number of carbonyl (C=O) groups is 1. The van der Waals surface area contributed by atoms with E-state index in [1.54, 1.807) is 0 Å². The number of carbonyl (C=O) groups excluding carboxylic acids is 1. The normalized spacial score (nSPS) is 12.1. The third-order valence-corrected chi connectivity index (χ3v) is 2.24. The van der Waals surface area contributed by atoms with Gasteiger partial charge in [-0.05, 0) is 20.3 Å². The van der Waals surface area contributed by atoms with Gasteiger partial charge in [-0.15, -0.1) is 0 Å². The van der Waals surface area contributed by atoms with Crippen molar-refractivity contribution in [3.05, 3.63) is 11.1 Å². The first-order valence-corrected chi connectivity index (χ1v) is 5.65. The average molecular weight is 230 g/mol. The van der Waals surface area contributed by atoms with Gasteiger partial charge in [-0.2, -0.15) is 0 Å². The van der Waals surface area contributed by atoms with Crippen LogP contribution in [-0.2, 0) is 9.53 Å². The summed E-state index contributed by atoms with van der Waals surface area (Å²) < 4.78 is 5.02. The zero-order valence-corrected chi connectivity index (χ0v) is 10.3. The summed E-state index contributed by atoms with van der Waals surface area (Å²) in [5.74, 6) is -0.313. The summed E-state index contributed by atoms with van der Waals surface area (Å²) in [6.07, 6.45) is 1.07. The first-order chi connectivity index (χ1) is 7.52. The fraction of sp³-hybridized carbons (Fsp3) is 0.750. The van der Waals surface area contributed by atoms with Crippen molar-refractivity contribution >= 4 is 5.97 Å². The number of esters is 1. The van der Waals surface area contributed by atoms with Crippen LogP contribution < -0.4 is 0 Å². The zero-order chi connectivity index (χ0) is 12.6. The Balaban J connectivity index is 4.08. The molecule has 0 aromatic carbocycles. The number of ether oxygens (including phenoxy) is 1. The lowest BCUT2D eigenvalue weighted by Gasteiger charge is -2.11. The maximum absolute atomic E-state index is 11.6. The fourth-order valence-electron chi connectivity index (χ4n) is 1.27. The van der Waals surface area contributed by atoms with Gasteiger partial charge in [0.05, 0.1) is 19.3 Å². The van der Waals surface area contributed by atoms with E-state index in [0.29, 0.717) is 12.0 Å². The van der Waals surface area contributed by atoms with Crippen molar-refractivity contribution in [3.63, 3.8) is 0 Å². The van der Waals surface area contributed by atoms with Gasteiger partial charge in [0, 0.05) is 12.0 Å². The van der Waals surface area contributed by atoms with Gasteiger partial charge in [0.1, 0.15) is 0 Å². The van der Waals surface area contributed by atoms with E-state index in [1.165, 1.54) is 0 Å². The van der Waals surface area contributed by atoms with Crippen LogP contribution in [0.15, 0.2) is 11.1 Å². The van der Waals surface area contributed by atoms with Gasteiger partial charge in [0.25, 0.3) is 0 Å². The Kier molecular flexibility index (Phi) is 7.85. The van der Waals surface area contributed by atoms with E-state index < -0.39 is 6.10 Å². The molecule has 0 aromatic heterocycles. The molecule has 0 fully saturated rings. The molecule has 1 unspecified atom stereocenters. The largest absolute Gasteiger partial charge is 0.462 e. The molecule has 0 saturated heterocycles. The monoisotopic (exact) mass is 230 g/mol. The van der Waals surface area contributed by atoms with Crippen LogP contribution in [0.25, 0.3) is 0 Å². The van der Waals surface area contributed by atoms with E-state index in [4.69, 9.17) is 14.9 Å². The molecule has 0 aliphatic rings. The van der Waals surface area contributed by atoms with Crippen LogP contribution in [0, 0.1) is 0 Å². The van der Waals surface area contributed by atoms with Gasteiger partial charge in [-0.25, -0.2) is 4.79 Å². The SMILES string of the molecule is CCCC(C(=O)OCCC(O)CO)=C(C)C. The van der Waals surface area contributed by atoms with Gasteiger partial charge < -0.3 is 14.9 Å². The average Bonchev–Trinajstić information content (AvgIpc) is 2.24. The lowest BCUT2D eigenvalue weighted by atomic mass is 10.1. The van der Waals surface area contributed by atoms with Gasteiger partial charge in [0.15, 0.2) is 0 Å². The zero-order valence-electron chi connectivity index (χ0n) is 10.3. The van der Waals surface area contributed by atoms with Crippen molar-refractivity contribution in [1.82, 2.24) is 0 Å². The summed E-state index contributed by atoms with van der Waals surface area (Å²) in [5.41, 5.74) is 1.68. The highest BCUT2D eigenvalue weighted by Crippen LogP contribution is 2.12. The molecule has 4 heteroatoms. The van der Waals surface area contributed by atoms with Crippen molar-refractivity contribution in [2.45, 2.75) is 46.1 Å². The number of hydrogen-bond donors (Lipinski definition) is 2. The molecule has 4 nitrogen and oxygen atoms in total. The minimum Gasteiger partial charge on any atom is -0.462 e. The van der Waals surface area contributed by atoms with Crippen molar-refractivity contribution in [2.24, 2.45) is 0 Å². The molecule has 0 bridgehead atoms. The predicted octanol–water partition coefficient (Wildman–Crippen LogP) is 1.41. The topological polar surface area (TPSA) is 66.8 Å². The molecule has 0 aromatic rings. The number of hydrogen-bond acceptors (Lipinski definition) is 4. The van der Waals surface area contributed by atoms with Crippen LogP contribution in [0.2, 0.25) is 0 Å². The van der Waals surface area contributed by atoms with E-state index in [2.05, 4.69) is 0 Å². The molecular formula is C12H22O4. The van der Waals surface area contributed by atoms with Crippen LogP contribution in [0.4, 0.5) is 0 Å². The molecule has 0 radical (unpaired) electrons. The van der Waals surface area contributed by atoms with E-state index in [1.807, 2.05) is 20.8 Å². The number of aliphatic hydroxyl groups excluding tert-OH is 2. The second-order valence-corrected chi connectivity index (χ2v) is 3.99. The molecule has 0 aliphatic carbocycles. The lowest BCUT2D eigenvalue weighted by Crippen LogP contribution is -2.17. The van der Waals surface area contributed by atoms with Gasteiger partial charge in [-0.1, -0.05) is 18.9 Å². The summed E-state index contributed by atoms with van der Waals surface area (Å²) in [6.45, 7) is 5.61. The quantitative estimate of drug-likeness (QED) is 0.512. The minimum atomic E-state index is -0.811. The van der Waals surface area contributed by atoms with E-state index in [0.717, 1.165) is 12.0 Å². The summed E-state index contributed by atoms with van der Waals surface area (Å²) in [4.78, 5) is 11.6. The van der Waals surface area contributed by atoms with Crippen molar-refractivity contribution < 1.29 is 19.7 Å². The highest BCUT2D eigenvalue weighted by Gasteiger charge is 2.12. The summed E-state index contributed by atoms with van der Waals surface area (Å²) in [7, 11) is 0. The van der Waals surface area contributed by atoms with Crippen molar-refractivity contribution in [1.29, 1.82) is 0 Å². The maximum atomic E-state index is 11.6. The third-order valence-electron chi connectivity index (χ3n) is 2.24. The molecule has 94 valence electrons. The van der Waals surface area contributed by atoms with Crippen LogP contribution >= 0.6 is 0 Å². The van der Waals surface area contributed by atoms with Gasteiger partial charge in [-0.3, -0.25) is 0 Å². The lowest BCUT2D eigenvalue weighted by molar-refractivity contribution is -0.140. The van der Waals surface area contributed by atoms with Gasteiger partial charge >= 0.3 is 5.97 Å². The smallest absolute Gasteiger partial charge is 0.333 e. The third kappa shape index (κ3) is 5.88. The molecule has 0 rings (SSSR count). The van der Waals surface area contributed by atoms with Crippen LogP contribution in [0.5, 0.6) is 0 Å². The van der Waals surface area contributed by atoms with E-state index in [9.17, 15) is 4.79 Å². The molecule has 16 heavy (non-hydrogen) atoms. The Morgan fingerprint density at radius 1 is 1.38 bits per heavy atom. The Hall–Kier alpha value is -0.870. The first-order valence-electron chi connectivity index (χ1n) is 5.65.